The van der Waals surface area contributed by atoms with Crippen LogP contribution in [0.25, 0.3) is 0 Å². The first-order valence-corrected chi connectivity index (χ1v) is 46.8. The number of aliphatic hydroxyl groups is 1. The van der Waals surface area contributed by atoms with E-state index in [1.165, 1.54) is 289 Å². The van der Waals surface area contributed by atoms with Crippen molar-refractivity contribution in [3.63, 3.8) is 0 Å². The molecule has 0 amide bonds. The molecule has 19 heteroatoms. The van der Waals surface area contributed by atoms with Crippen LogP contribution in [0.4, 0.5) is 0 Å². The number of carbonyl (C=O) groups excluding carboxylic acids is 4. The number of hydrogen-bond donors (Lipinski definition) is 3. The largest absolute Gasteiger partial charge is 0.472 e. The highest BCUT2D eigenvalue weighted by atomic mass is 31.2. The summed E-state index contributed by atoms with van der Waals surface area (Å²) in [6.07, 6.45) is 72.3. The van der Waals surface area contributed by atoms with Crippen LogP contribution in [0.3, 0.4) is 0 Å². The SMILES string of the molecule is CCCCCCCCCCCCCCCCCCCCCCC(=O)O[C@H](COC(=O)CCCCCCCCCCCCCCCCCCCCC)COP(=O)(O)OC[C@@H](O)COP(=O)(O)OC[C@@H](COC(=O)CCCCCCCCCC)OC(=O)CCCCCCCCCCCCCCCCCC. The molecule has 5 atom stereocenters. The van der Waals surface area contributed by atoms with E-state index in [0.29, 0.717) is 25.7 Å². The summed E-state index contributed by atoms with van der Waals surface area (Å²) < 4.78 is 68.8. The Morgan fingerprint density at radius 2 is 0.388 bits per heavy atom. The van der Waals surface area contributed by atoms with Gasteiger partial charge in [0.25, 0.3) is 0 Å². The molecule has 2 unspecified atom stereocenters. The van der Waals surface area contributed by atoms with Crippen LogP contribution in [0, 0.1) is 0 Å². The van der Waals surface area contributed by atoms with E-state index >= 15 is 0 Å². The Bertz CT molecular complexity index is 1950. The van der Waals surface area contributed by atoms with E-state index < -0.39 is 97.5 Å². The van der Waals surface area contributed by atoms with Gasteiger partial charge in [0, 0.05) is 25.7 Å². The highest BCUT2D eigenvalue weighted by Crippen LogP contribution is 2.45. The molecule has 103 heavy (non-hydrogen) atoms. The van der Waals surface area contributed by atoms with Crippen LogP contribution in [-0.2, 0) is 65.4 Å². The molecule has 0 fully saturated rings. The van der Waals surface area contributed by atoms with Gasteiger partial charge in [-0.15, -0.1) is 0 Å². The number of aliphatic hydroxyl groups excluding tert-OH is 1. The van der Waals surface area contributed by atoms with Gasteiger partial charge >= 0.3 is 39.5 Å². The summed E-state index contributed by atoms with van der Waals surface area (Å²) in [7, 11) is -9.92. The highest BCUT2D eigenvalue weighted by Gasteiger charge is 2.30. The number of rotatable bonds is 85. The first-order chi connectivity index (χ1) is 50.2. The normalized spacial score (nSPS) is 13.7. The van der Waals surface area contributed by atoms with E-state index in [9.17, 15) is 43.2 Å². The van der Waals surface area contributed by atoms with Crippen molar-refractivity contribution in [2.24, 2.45) is 0 Å². The van der Waals surface area contributed by atoms with E-state index in [1.54, 1.807) is 0 Å². The Labute approximate surface area is 632 Å². The van der Waals surface area contributed by atoms with Gasteiger partial charge in [0.1, 0.15) is 19.3 Å². The van der Waals surface area contributed by atoms with Gasteiger partial charge in [-0.25, -0.2) is 9.13 Å². The predicted molar refractivity (Wildman–Crippen MR) is 423 cm³/mol. The molecule has 0 aliphatic rings. The molecule has 0 saturated carbocycles. The van der Waals surface area contributed by atoms with E-state index in [4.69, 9.17) is 37.0 Å². The Morgan fingerprint density at radius 1 is 0.233 bits per heavy atom. The Kier molecular flexibility index (Phi) is 76.7. The van der Waals surface area contributed by atoms with Gasteiger partial charge in [0.2, 0.25) is 0 Å². The molecular formula is C84H164O17P2. The van der Waals surface area contributed by atoms with Crippen molar-refractivity contribution < 1.29 is 80.2 Å². The van der Waals surface area contributed by atoms with Crippen LogP contribution in [0.15, 0.2) is 0 Å². The van der Waals surface area contributed by atoms with Gasteiger partial charge < -0.3 is 33.8 Å². The number of phosphoric ester groups is 2. The van der Waals surface area contributed by atoms with Gasteiger partial charge in [-0.3, -0.25) is 37.3 Å². The second kappa shape index (κ2) is 78.2. The second-order valence-electron chi connectivity index (χ2n) is 30.2. The first kappa shape index (κ1) is 101. The molecule has 3 N–H and O–H groups in total. The lowest BCUT2D eigenvalue weighted by Gasteiger charge is -2.21. The third-order valence-electron chi connectivity index (χ3n) is 19.9. The fourth-order valence-corrected chi connectivity index (χ4v) is 14.7. The minimum atomic E-state index is -4.96. The average molecular weight is 1510 g/mol. The minimum Gasteiger partial charge on any atom is -0.462 e. The molecule has 0 radical (unpaired) electrons. The molecule has 0 heterocycles. The molecule has 0 aliphatic carbocycles. The summed E-state index contributed by atoms with van der Waals surface area (Å²) in [5.41, 5.74) is 0. The Balaban J connectivity index is 5.18. The standard InChI is InChI=1S/C84H164O17P2/c1-5-9-13-17-21-25-28-31-34-37-39-41-43-46-49-52-55-59-63-67-71-84(89)101-80(75-95-82(87)69-65-61-57-53-50-47-45-42-40-38-35-32-29-26-22-18-14-10-6-2)77-99-103(92,93)97-73-78(85)72-96-102(90,91)98-76-79(74-94-81(86)68-64-60-56-24-20-16-12-8-4)100-83(88)70-66-62-58-54-51-48-44-36-33-30-27-23-19-15-11-7-3/h78-80,85H,5-77H2,1-4H3,(H,90,91)(H,92,93)/t78-,79+,80+/m0/s1. The maximum absolute atomic E-state index is 13.1. The summed E-state index contributed by atoms with van der Waals surface area (Å²) >= 11 is 0. The topological polar surface area (TPSA) is 237 Å². The Hall–Kier alpha value is -1.94. The zero-order valence-corrected chi connectivity index (χ0v) is 69.1. The van der Waals surface area contributed by atoms with E-state index in [1.807, 2.05) is 0 Å². The van der Waals surface area contributed by atoms with E-state index in [2.05, 4.69) is 27.7 Å². The molecule has 0 aliphatic heterocycles. The number of phosphoric acid groups is 2. The summed E-state index contributed by atoms with van der Waals surface area (Å²) in [6.45, 7) is 5.02. The molecule has 0 rings (SSSR count). The molecule has 0 bridgehead atoms. The maximum Gasteiger partial charge on any atom is 0.472 e. The molecule has 0 aromatic heterocycles. The fourth-order valence-electron chi connectivity index (χ4n) is 13.2. The van der Waals surface area contributed by atoms with Crippen molar-refractivity contribution in [1.29, 1.82) is 0 Å². The van der Waals surface area contributed by atoms with Crippen LogP contribution < -0.4 is 0 Å². The third kappa shape index (κ3) is 78.0. The first-order valence-electron chi connectivity index (χ1n) is 43.8. The van der Waals surface area contributed by atoms with Crippen molar-refractivity contribution >= 4 is 39.5 Å². The predicted octanol–water partition coefficient (Wildman–Crippen LogP) is 25.7. The number of hydrogen-bond acceptors (Lipinski definition) is 15. The van der Waals surface area contributed by atoms with Crippen molar-refractivity contribution in [3.8, 4) is 0 Å². The quantitative estimate of drug-likeness (QED) is 0.0222. The molecule has 17 nitrogen and oxygen atoms in total. The second-order valence-corrected chi connectivity index (χ2v) is 33.1. The number of unbranched alkanes of at least 4 members (excludes halogenated alkanes) is 59. The van der Waals surface area contributed by atoms with E-state index in [0.717, 1.165) is 89.9 Å². The molecule has 612 valence electrons. The number of carbonyl (C=O) groups is 4. The molecule has 0 aromatic carbocycles. The molecule has 0 saturated heterocycles. The van der Waals surface area contributed by atoms with Gasteiger partial charge in [-0.1, -0.05) is 407 Å². The minimum absolute atomic E-state index is 0.109. The van der Waals surface area contributed by atoms with Crippen LogP contribution >= 0.6 is 15.6 Å². The van der Waals surface area contributed by atoms with Crippen LogP contribution in [0.2, 0.25) is 0 Å². The zero-order valence-electron chi connectivity index (χ0n) is 67.3. The third-order valence-corrected chi connectivity index (χ3v) is 21.8. The highest BCUT2D eigenvalue weighted by molar-refractivity contribution is 7.47. The lowest BCUT2D eigenvalue weighted by Crippen LogP contribution is -2.30. The summed E-state index contributed by atoms with van der Waals surface area (Å²) in [5.74, 6) is -2.10. The van der Waals surface area contributed by atoms with Crippen molar-refractivity contribution in [1.82, 2.24) is 0 Å². The fraction of sp³-hybridized carbons (Fsp3) is 0.952. The van der Waals surface area contributed by atoms with Gasteiger partial charge in [-0.2, -0.15) is 0 Å². The van der Waals surface area contributed by atoms with Crippen LogP contribution in [0.1, 0.15) is 458 Å². The van der Waals surface area contributed by atoms with Crippen molar-refractivity contribution in [2.45, 2.75) is 476 Å². The van der Waals surface area contributed by atoms with E-state index in [-0.39, 0.29) is 25.7 Å². The number of esters is 4. The zero-order chi connectivity index (χ0) is 75.3. The lowest BCUT2D eigenvalue weighted by atomic mass is 10.0. The smallest absolute Gasteiger partial charge is 0.462 e. The lowest BCUT2D eigenvalue weighted by molar-refractivity contribution is -0.161. The molecule has 0 aromatic rings. The van der Waals surface area contributed by atoms with Crippen LogP contribution in [0.5, 0.6) is 0 Å². The Morgan fingerprint density at radius 3 is 0.573 bits per heavy atom. The molecule has 0 spiro atoms. The van der Waals surface area contributed by atoms with Gasteiger partial charge in [0.05, 0.1) is 26.4 Å². The van der Waals surface area contributed by atoms with Gasteiger partial charge in [-0.05, 0) is 25.7 Å². The van der Waals surface area contributed by atoms with Crippen molar-refractivity contribution in [3.05, 3.63) is 0 Å². The monoisotopic (exact) mass is 1510 g/mol. The van der Waals surface area contributed by atoms with Gasteiger partial charge in [0.15, 0.2) is 12.2 Å². The molecular weight excluding hydrogens is 1340 g/mol. The maximum atomic E-state index is 13.1. The summed E-state index contributed by atoms with van der Waals surface area (Å²) in [6, 6.07) is 0. The number of ether oxygens (including phenoxy) is 4. The van der Waals surface area contributed by atoms with Crippen LogP contribution in [-0.4, -0.2) is 96.7 Å². The average Bonchev–Trinajstić information content (AvgIpc) is 0.942. The summed E-state index contributed by atoms with van der Waals surface area (Å²) in [5, 5.41) is 10.7. The van der Waals surface area contributed by atoms with Crippen molar-refractivity contribution in [2.75, 3.05) is 39.6 Å². The summed E-state index contributed by atoms with van der Waals surface area (Å²) in [4.78, 5) is 73.0.